The Hall–Kier alpha value is -2.48. The fourth-order valence-electron chi connectivity index (χ4n) is 2.62. The Kier molecular flexibility index (Phi) is 4.98. The van der Waals surface area contributed by atoms with Gasteiger partial charge in [-0.15, -0.1) is 5.10 Å². The number of benzene rings is 1. The van der Waals surface area contributed by atoms with E-state index in [9.17, 15) is 14.3 Å². The van der Waals surface area contributed by atoms with E-state index in [-0.39, 0.29) is 18.4 Å². The lowest BCUT2D eigenvalue weighted by molar-refractivity contribution is 0.117. The molecule has 1 aliphatic rings. The second kappa shape index (κ2) is 7.18. The topological polar surface area (TPSA) is 83.3 Å². The lowest BCUT2D eigenvalue weighted by Crippen LogP contribution is -2.38. The number of aliphatic hydroxyl groups excluding tert-OH is 1. The van der Waals surface area contributed by atoms with Crippen LogP contribution in [0.1, 0.15) is 24.1 Å². The van der Waals surface area contributed by atoms with Gasteiger partial charge >= 0.3 is 6.03 Å². The van der Waals surface area contributed by atoms with Gasteiger partial charge in [-0.3, -0.25) is 5.32 Å². The minimum absolute atomic E-state index is 0.285. The highest BCUT2D eigenvalue weighted by Crippen LogP contribution is 2.32. The number of nitrogens with one attached hydrogen (secondary N) is 1. The summed E-state index contributed by atoms with van der Waals surface area (Å²) in [5.74, 6) is 0.359. The lowest BCUT2D eigenvalue weighted by atomic mass is 10.2. The van der Waals surface area contributed by atoms with Gasteiger partial charge < -0.3 is 10.0 Å². The molecule has 1 aromatic carbocycles. The van der Waals surface area contributed by atoms with Gasteiger partial charge in [0.25, 0.3) is 0 Å². The molecule has 1 atom stereocenters. The maximum atomic E-state index is 13.3. The number of aliphatic hydroxyl groups is 1. The fraction of sp³-hybridized carbons (Fsp3) is 0.471. The van der Waals surface area contributed by atoms with Gasteiger partial charge in [0, 0.05) is 13.6 Å². The van der Waals surface area contributed by atoms with Crippen molar-refractivity contribution < 1.29 is 14.3 Å². The molecule has 7 nitrogen and oxygen atoms in total. The van der Waals surface area contributed by atoms with Crippen LogP contribution in [-0.2, 0) is 6.54 Å². The summed E-state index contributed by atoms with van der Waals surface area (Å²) in [5.41, 5.74) is 1.43. The van der Waals surface area contributed by atoms with Gasteiger partial charge in [-0.1, -0.05) is 17.3 Å². The first-order valence-corrected chi connectivity index (χ1v) is 8.28. The van der Waals surface area contributed by atoms with Crippen LogP contribution >= 0.6 is 0 Å². The van der Waals surface area contributed by atoms with Crippen LogP contribution < -0.4 is 5.32 Å². The molecule has 25 heavy (non-hydrogen) atoms. The SMILES string of the molecule is Cc1c(NC(=O)N(C)CC(O)C2CC2)nnn1Cc1cccc(F)c1. The molecule has 8 heteroatoms. The molecule has 3 rings (SSSR count). The molecule has 1 unspecified atom stereocenters. The van der Waals surface area contributed by atoms with Crippen molar-refractivity contribution in [2.75, 3.05) is 18.9 Å². The van der Waals surface area contributed by atoms with E-state index >= 15 is 0 Å². The average Bonchev–Trinajstić information content (AvgIpc) is 3.36. The summed E-state index contributed by atoms with van der Waals surface area (Å²) in [5, 5.41) is 20.6. The zero-order valence-corrected chi connectivity index (χ0v) is 14.3. The highest BCUT2D eigenvalue weighted by atomic mass is 19.1. The highest BCUT2D eigenvalue weighted by Gasteiger charge is 2.31. The molecule has 1 saturated carbocycles. The number of hydrogen-bond acceptors (Lipinski definition) is 4. The number of halogens is 1. The quantitative estimate of drug-likeness (QED) is 0.837. The molecule has 2 aromatic rings. The number of urea groups is 1. The van der Waals surface area contributed by atoms with Crippen molar-refractivity contribution in [2.24, 2.45) is 5.92 Å². The summed E-state index contributed by atoms with van der Waals surface area (Å²) in [6, 6.07) is 5.91. The van der Waals surface area contributed by atoms with Gasteiger partial charge in [0.1, 0.15) is 5.82 Å². The second-order valence-electron chi connectivity index (χ2n) is 6.53. The molecule has 1 heterocycles. The monoisotopic (exact) mass is 347 g/mol. The summed E-state index contributed by atoms with van der Waals surface area (Å²) >= 11 is 0. The van der Waals surface area contributed by atoms with Crippen LogP contribution in [0.3, 0.4) is 0 Å². The third-order valence-corrected chi connectivity index (χ3v) is 4.40. The number of carbonyl (C=O) groups excluding carboxylic acids is 1. The molecule has 2 amide bonds. The number of anilines is 1. The van der Waals surface area contributed by atoms with Crippen molar-refractivity contribution in [2.45, 2.75) is 32.4 Å². The van der Waals surface area contributed by atoms with Gasteiger partial charge in [0.05, 0.1) is 18.3 Å². The first-order valence-electron chi connectivity index (χ1n) is 8.28. The van der Waals surface area contributed by atoms with E-state index in [2.05, 4.69) is 15.6 Å². The van der Waals surface area contributed by atoms with E-state index in [0.29, 0.717) is 24.0 Å². The molecule has 2 N–H and O–H groups in total. The van der Waals surface area contributed by atoms with Crippen LogP contribution in [-0.4, -0.2) is 50.7 Å². The smallest absolute Gasteiger partial charge is 0.322 e. The molecule has 0 spiro atoms. The number of hydrogen-bond donors (Lipinski definition) is 2. The third kappa shape index (κ3) is 4.33. The fourth-order valence-corrected chi connectivity index (χ4v) is 2.62. The van der Waals surface area contributed by atoms with Crippen LogP contribution in [0.2, 0.25) is 0 Å². The normalized spacial score (nSPS) is 15.0. The summed E-state index contributed by atoms with van der Waals surface area (Å²) < 4.78 is 14.9. The van der Waals surface area contributed by atoms with Crippen molar-refractivity contribution in [3.8, 4) is 0 Å². The van der Waals surface area contributed by atoms with Crippen LogP contribution in [0.4, 0.5) is 15.0 Å². The Morgan fingerprint density at radius 1 is 1.52 bits per heavy atom. The van der Waals surface area contributed by atoms with E-state index in [0.717, 1.165) is 18.4 Å². The maximum Gasteiger partial charge on any atom is 0.322 e. The minimum Gasteiger partial charge on any atom is -0.391 e. The Morgan fingerprint density at radius 2 is 2.28 bits per heavy atom. The standard InChI is InChI=1S/C17H22FN5O2/c1-11-16(19-17(25)22(2)10-15(24)13-6-7-13)20-21-23(11)9-12-4-3-5-14(18)8-12/h3-5,8,13,15,24H,6-7,9-10H2,1-2H3,(H,19,25). The van der Waals surface area contributed by atoms with Gasteiger partial charge in [0.15, 0.2) is 5.82 Å². The summed E-state index contributed by atoms with van der Waals surface area (Å²) in [4.78, 5) is 13.7. The third-order valence-electron chi connectivity index (χ3n) is 4.40. The maximum absolute atomic E-state index is 13.3. The van der Waals surface area contributed by atoms with Crippen LogP contribution in [0.15, 0.2) is 24.3 Å². The molecule has 0 saturated heterocycles. The predicted octanol–water partition coefficient (Wildman–Crippen LogP) is 2.01. The lowest BCUT2D eigenvalue weighted by Gasteiger charge is -2.20. The van der Waals surface area contributed by atoms with Crippen LogP contribution in [0.5, 0.6) is 0 Å². The summed E-state index contributed by atoms with van der Waals surface area (Å²) in [6.45, 7) is 2.43. The van der Waals surface area contributed by atoms with Gasteiger partial charge in [-0.05, 0) is 43.4 Å². The molecule has 0 aliphatic heterocycles. The van der Waals surface area contributed by atoms with E-state index in [4.69, 9.17) is 0 Å². The number of amides is 2. The first-order chi connectivity index (χ1) is 11.9. The Bertz CT molecular complexity index is 759. The minimum atomic E-state index is -0.486. The molecule has 1 fully saturated rings. The second-order valence-corrected chi connectivity index (χ2v) is 6.53. The van der Waals surface area contributed by atoms with E-state index < -0.39 is 6.10 Å². The van der Waals surface area contributed by atoms with Gasteiger partial charge in [0.2, 0.25) is 0 Å². The number of rotatable bonds is 6. The van der Waals surface area contributed by atoms with Crippen molar-refractivity contribution >= 4 is 11.8 Å². The molecular weight excluding hydrogens is 325 g/mol. The highest BCUT2D eigenvalue weighted by molar-refractivity contribution is 5.88. The number of aromatic nitrogens is 3. The zero-order valence-electron chi connectivity index (χ0n) is 14.3. The van der Waals surface area contributed by atoms with E-state index in [1.165, 1.54) is 17.0 Å². The summed E-state index contributed by atoms with van der Waals surface area (Å²) in [7, 11) is 1.63. The zero-order chi connectivity index (χ0) is 18.0. The molecule has 134 valence electrons. The number of nitrogens with zero attached hydrogens (tertiary/aromatic N) is 4. The summed E-state index contributed by atoms with van der Waals surface area (Å²) in [6.07, 6.45) is 1.55. The first kappa shape index (κ1) is 17.3. The molecule has 1 aliphatic carbocycles. The van der Waals surface area contributed by atoms with E-state index in [1.807, 2.05) is 0 Å². The van der Waals surface area contributed by atoms with Gasteiger partial charge in [-0.2, -0.15) is 0 Å². The van der Waals surface area contributed by atoms with Crippen molar-refractivity contribution in [1.29, 1.82) is 0 Å². The van der Waals surface area contributed by atoms with Crippen molar-refractivity contribution in [3.05, 3.63) is 41.3 Å². The van der Waals surface area contributed by atoms with E-state index in [1.54, 1.807) is 30.8 Å². The largest absolute Gasteiger partial charge is 0.391 e. The number of likely N-dealkylation sites (N-methyl/N-ethyl adjacent to an activating group) is 1. The Morgan fingerprint density at radius 3 is 2.96 bits per heavy atom. The van der Waals surface area contributed by atoms with Crippen LogP contribution in [0, 0.1) is 18.7 Å². The van der Waals surface area contributed by atoms with Gasteiger partial charge in [-0.25, -0.2) is 13.9 Å². The molecular formula is C17H22FN5O2. The number of carbonyl (C=O) groups is 1. The molecule has 0 bridgehead atoms. The predicted molar refractivity (Wildman–Crippen MR) is 90.6 cm³/mol. The Balaban J connectivity index is 1.61. The molecule has 0 radical (unpaired) electrons. The van der Waals surface area contributed by atoms with Crippen LogP contribution in [0.25, 0.3) is 0 Å². The van der Waals surface area contributed by atoms with Crippen molar-refractivity contribution in [3.63, 3.8) is 0 Å². The molecule has 1 aromatic heterocycles. The Labute approximate surface area is 145 Å². The average molecular weight is 347 g/mol. The van der Waals surface area contributed by atoms with Crippen molar-refractivity contribution in [1.82, 2.24) is 19.9 Å².